The van der Waals surface area contributed by atoms with Gasteiger partial charge in [0.2, 0.25) is 0 Å². The van der Waals surface area contributed by atoms with Crippen molar-refractivity contribution in [1.29, 1.82) is 0 Å². The van der Waals surface area contributed by atoms with Crippen molar-refractivity contribution < 1.29 is 0 Å². The maximum Gasteiger partial charge on any atom is -0.0250 e. The summed E-state index contributed by atoms with van der Waals surface area (Å²) >= 11 is 0. The Morgan fingerprint density at radius 1 is 1.05 bits per heavy atom. The molecule has 2 rings (SSSR count). The third-order valence-corrected chi connectivity index (χ3v) is 6.02. The molecule has 22 heavy (non-hydrogen) atoms. The van der Waals surface area contributed by atoms with Crippen molar-refractivity contribution in [2.75, 3.05) is 0 Å². The van der Waals surface area contributed by atoms with Gasteiger partial charge in [-0.05, 0) is 72.8 Å². The van der Waals surface area contributed by atoms with Crippen molar-refractivity contribution >= 4 is 0 Å². The maximum atomic E-state index is 2.51. The number of hydrogen-bond donors (Lipinski definition) is 0. The molecule has 1 aromatic carbocycles. The molecule has 0 aromatic heterocycles. The monoisotopic (exact) mass is 300 g/mol. The van der Waals surface area contributed by atoms with E-state index < -0.39 is 0 Å². The molecule has 0 radical (unpaired) electrons. The SMILES string of the molecule is CCCC1(C(C)C(C)Cc2cccc(CCC(C)C)c2)CC1. The summed E-state index contributed by atoms with van der Waals surface area (Å²) in [4.78, 5) is 0. The third-order valence-electron chi connectivity index (χ3n) is 6.02. The molecule has 1 aliphatic carbocycles. The lowest BCUT2D eigenvalue weighted by Crippen LogP contribution is -2.22. The summed E-state index contributed by atoms with van der Waals surface area (Å²) in [5, 5.41) is 0. The minimum absolute atomic E-state index is 0.698. The van der Waals surface area contributed by atoms with Crippen LogP contribution in [0.2, 0.25) is 0 Å². The van der Waals surface area contributed by atoms with Crippen molar-refractivity contribution in [3.05, 3.63) is 35.4 Å². The number of hydrogen-bond acceptors (Lipinski definition) is 0. The Hall–Kier alpha value is -0.780. The number of benzene rings is 1. The van der Waals surface area contributed by atoms with Crippen LogP contribution in [0.15, 0.2) is 24.3 Å². The second-order valence-electron chi connectivity index (χ2n) is 8.33. The summed E-state index contributed by atoms with van der Waals surface area (Å²) in [6, 6.07) is 9.37. The first kappa shape index (κ1) is 17.6. The molecule has 0 bridgehead atoms. The fourth-order valence-electron chi connectivity index (χ4n) is 4.11. The summed E-state index contributed by atoms with van der Waals surface area (Å²) < 4.78 is 0. The highest BCUT2D eigenvalue weighted by atomic mass is 14.5. The molecular formula is C22H36. The molecule has 1 aromatic rings. The molecule has 1 aliphatic rings. The zero-order valence-corrected chi connectivity index (χ0v) is 15.5. The molecule has 0 aliphatic heterocycles. The summed E-state index contributed by atoms with van der Waals surface area (Å²) in [5.41, 5.74) is 3.78. The second-order valence-corrected chi connectivity index (χ2v) is 8.33. The van der Waals surface area contributed by atoms with Crippen LogP contribution in [0.4, 0.5) is 0 Å². The molecule has 124 valence electrons. The predicted molar refractivity (Wildman–Crippen MR) is 98.2 cm³/mol. The van der Waals surface area contributed by atoms with Crippen LogP contribution in [0.1, 0.15) is 77.8 Å². The van der Waals surface area contributed by atoms with Crippen molar-refractivity contribution in [3.63, 3.8) is 0 Å². The lowest BCUT2D eigenvalue weighted by atomic mass is 9.76. The van der Waals surface area contributed by atoms with E-state index in [0.29, 0.717) is 5.41 Å². The molecule has 0 heterocycles. The summed E-state index contributed by atoms with van der Waals surface area (Å²) in [6.07, 6.45) is 9.52. The van der Waals surface area contributed by atoms with E-state index in [1.807, 2.05) is 0 Å². The minimum atomic E-state index is 0.698. The summed E-state index contributed by atoms with van der Waals surface area (Å²) in [6.45, 7) is 12.0. The van der Waals surface area contributed by atoms with Crippen LogP contribution in [0.3, 0.4) is 0 Å². The van der Waals surface area contributed by atoms with E-state index in [4.69, 9.17) is 0 Å². The predicted octanol–water partition coefficient (Wildman–Crippen LogP) is 6.67. The molecule has 1 saturated carbocycles. The molecule has 0 heteroatoms. The molecular weight excluding hydrogens is 264 g/mol. The van der Waals surface area contributed by atoms with Crippen LogP contribution in [0.5, 0.6) is 0 Å². The average molecular weight is 301 g/mol. The highest BCUT2D eigenvalue weighted by Gasteiger charge is 2.47. The summed E-state index contributed by atoms with van der Waals surface area (Å²) in [5.74, 6) is 2.47. The molecule has 0 nitrogen and oxygen atoms in total. The van der Waals surface area contributed by atoms with Crippen LogP contribution in [0.25, 0.3) is 0 Å². The smallest absolute Gasteiger partial charge is 0.0250 e. The van der Waals surface area contributed by atoms with Crippen LogP contribution < -0.4 is 0 Å². The molecule has 0 N–H and O–H groups in total. The summed E-state index contributed by atoms with van der Waals surface area (Å²) in [7, 11) is 0. The van der Waals surface area contributed by atoms with Gasteiger partial charge in [-0.25, -0.2) is 0 Å². The Morgan fingerprint density at radius 2 is 1.73 bits per heavy atom. The molecule has 0 saturated heterocycles. The van der Waals surface area contributed by atoms with Crippen molar-refractivity contribution in [2.45, 2.75) is 79.6 Å². The number of rotatable bonds is 9. The van der Waals surface area contributed by atoms with Gasteiger partial charge in [-0.2, -0.15) is 0 Å². The largest absolute Gasteiger partial charge is 0.0654 e. The van der Waals surface area contributed by atoms with E-state index in [-0.39, 0.29) is 0 Å². The van der Waals surface area contributed by atoms with E-state index in [1.54, 1.807) is 5.56 Å². The molecule has 0 spiro atoms. The molecule has 0 amide bonds. The average Bonchev–Trinajstić information content (AvgIpc) is 3.26. The maximum absolute atomic E-state index is 2.51. The van der Waals surface area contributed by atoms with Gasteiger partial charge in [0.15, 0.2) is 0 Å². The first-order chi connectivity index (χ1) is 10.5. The van der Waals surface area contributed by atoms with Crippen LogP contribution in [-0.4, -0.2) is 0 Å². The van der Waals surface area contributed by atoms with Crippen molar-refractivity contribution in [3.8, 4) is 0 Å². The van der Waals surface area contributed by atoms with E-state index in [1.165, 1.54) is 50.5 Å². The zero-order chi connectivity index (χ0) is 16.2. The van der Waals surface area contributed by atoms with Gasteiger partial charge < -0.3 is 0 Å². The van der Waals surface area contributed by atoms with Gasteiger partial charge in [0.1, 0.15) is 0 Å². The highest BCUT2D eigenvalue weighted by molar-refractivity contribution is 5.24. The van der Waals surface area contributed by atoms with Crippen molar-refractivity contribution in [2.24, 2.45) is 23.2 Å². The fraction of sp³-hybridized carbons (Fsp3) is 0.727. The van der Waals surface area contributed by atoms with Crippen LogP contribution in [-0.2, 0) is 12.8 Å². The quantitative estimate of drug-likeness (QED) is 0.477. The van der Waals surface area contributed by atoms with Crippen LogP contribution >= 0.6 is 0 Å². The first-order valence-electron chi connectivity index (χ1n) is 9.54. The van der Waals surface area contributed by atoms with Crippen molar-refractivity contribution in [1.82, 2.24) is 0 Å². The number of aryl methyl sites for hydroxylation is 1. The van der Waals surface area contributed by atoms with E-state index in [9.17, 15) is 0 Å². The Bertz CT molecular complexity index is 453. The first-order valence-corrected chi connectivity index (χ1v) is 9.54. The van der Waals surface area contributed by atoms with E-state index in [2.05, 4.69) is 58.9 Å². The van der Waals surface area contributed by atoms with E-state index >= 15 is 0 Å². The Kier molecular flexibility index (Phi) is 6.12. The molecule has 2 unspecified atom stereocenters. The van der Waals surface area contributed by atoms with E-state index in [0.717, 1.165) is 17.8 Å². The van der Waals surface area contributed by atoms with Gasteiger partial charge >= 0.3 is 0 Å². The second kappa shape index (κ2) is 7.66. The highest BCUT2D eigenvalue weighted by Crippen LogP contribution is 2.57. The van der Waals surface area contributed by atoms with Gasteiger partial charge in [0.05, 0.1) is 0 Å². The lowest BCUT2D eigenvalue weighted by molar-refractivity contribution is 0.223. The standard InChI is InChI=1S/C22H36/c1-6-12-22(13-14-22)19(5)18(4)15-21-9-7-8-20(16-21)11-10-17(2)3/h7-9,16-19H,6,10-15H2,1-5H3. The molecule has 2 atom stereocenters. The third kappa shape index (κ3) is 4.61. The van der Waals surface area contributed by atoms with Gasteiger partial charge in [0, 0.05) is 0 Å². The van der Waals surface area contributed by atoms with Gasteiger partial charge in [-0.1, -0.05) is 65.3 Å². The Labute approximate surface area is 138 Å². The lowest BCUT2D eigenvalue weighted by Gasteiger charge is -2.29. The van der Waals surface area contributed by atoms with Crippen LogP contribution in [0, 0.1) is 23.2 Å². The zero-order valence-electron chi connectivity index (χ0n) is 15.5. The Morgan fingerprint density at radius 3 is 2.32 bits per heavy atom. The van der Waals surface area contributed by atoms with Gasteiger partial charge in [-0.15, -0.1) is 0 Å². The Balaban J connectivity index is 1.93. The molecule has 1 fully saturated rings. The van der Waals surface area contributed by atoms with Gasteiger partial charge in [0.25, 0.3) is 0 Å². The minimum Gasteiger partial charge on any atom is -0.0654 e. The normalized spacial score (nSPS) is 19.2. The van der Waals surface area contributed by atoms with Gasteiger partial charge in [-0.3, -0.25) is 0 Å². The fourth-order valence-corrected chi connectivity index (χ4v) is 4.11. The topological polar surface area (TPSA) is 0 Å².